The Kier molecular flexibility index (Phi) is 3.66. The van der Waals surface area contributed by atoms with E-state index in [4.69, 9.17) is 0 Å². The lowest BCUT2D eigenvalue weighted by Gasteiger charge is -2.11. The van der Waals surface area contributed by atoms with Crippen molar-refractivity contribution in [2.45, 2.75) is 40.5 Å². The third-order valence-electron chi connectivity index (χ3n) is 3.49. The highest BCUT2D eigenvalue weighted by Crippen LogP contribution is 2.27. The normalized spacial score (nSPS) is 11.1. The first-order valence-corrected chi connectivity index (χ1v) is 6.72. The number of benzene rings is 1. The first-order valence-electron chi connectivity index (χ1n) is 6.72. The lowest BCUT2D eigenvalue weighted by Crippen LogP contribution is -2.18. The van der Waals surface area contributed by atoms with Gasteiger partial charge in [-0.25, -0.2) is 4.98 Å². The summed E-state index contributed by atoms with van der Waals surface area (Å²) >= 11 is 0. The van der Waals surface area contributed by atoms with E-state index in [2.05, 4.69) is 9.97 Å². The summed E-state index contributed by atoms with van der Waals surface area (Å²) in [4.78, 5) is 19.5. The molecule has 2 N–H and O–H groups in total. The summed E-state index contributed by atoms with van der Waals surface area (Å²) in [6, 6.07) is 3.66. The fourth-order valence-electron chi connectivity index (χ4n) is 2.50. The van der Waals surface area contributed by atoms with Crippen molar-refractivity contribution in [2.24, 2.45) is 0 Å². The Bertz CT molecular complexity index is 692. The van der Waals surface area contributed by atoms with Crippen LogP contribution < -0.4 is 5.56 Å². The Morgan fingerprint density at radius 1 is 1.15 bits per heavy atom. The number of aromatic nitrogens is 2. The molecule has 0 spiro atoms. The molecule has 0 radical (unpaired) electrons. The summed E-state index contributed by atoms with van der Waals surface area (Å²) in [5.41, 5.74) is 3.74. The molecule has 2 aromatic rings. The fourth-order valence-corrected chi connectivity index (χ4v) is 2.50. The van der Waals surface area contributed by atoms with Gasteiger partial charge in [-0.3, -0.25) is 4.79 Å². The quantitative estimate of drug-likeness (QED) is 0.882. The highest BCUT2D eigenvalue weighted by molar-refractivity contribution is 5.61. The topological polar surface area (TPSA) is 66.0 Å². The van der Waals surface area contributed by atoms with Gasteiger partial charge in [-0.1, -0.05) is 13.8 Å². The van der Waals surface area contributed by atoms with Crippen molar-refractivity contribution >= 4 is 0 Å². The van der Waals surface area contributed by atoms with E-state index in [0.29, 0.717) is 5.82 Å². The maximum Gasteiger partial charge on any atom is 0.254 e. The number of hydrogen-bond donors (Lipinski definition) is 2. The van der Waals surface area contributed by atoms with Crippen LogP contribution in [0.4, 0.5) is 0 Å². The average molecular weight is 272 g/mol. The van der Waals surface area contributed by atoms with E-state index in [1.165, 1.54) is 0 Å². The number of H-pyrrole nitrogens is 1. The largest absolute Gasteiger partial charge is 0.507 e. The Balaban J connectivity index is 2.63. The molecule has 0 fully saturated rings. The van der Waals surface area contributed by atoms with Crippen LogP contribution in [0, 0.1) is 20.8 Å². The minimum absolute atomic E-state index is 0.0918. The molecule has 1 aromatic heterocycles. The van der Waals surface area contributed by atoms with Crippen molar-refractivity contribution in [1.82, 2.24) is 9.97 Å². The van der Waals surface area contributed by atoms with Gasteiger partial charge >= 0.3 is 0 Å². The summed E-state index contributed by atoms with van der Waals surface area (Å²) in [7, 11) is 0. The highest BCUT2D eigenvalue weighted by Gasteiger charge is 2.13. The van der Waals surface area contributed by atoms with Crippen LogP contribution in [0.2, 0.25) is 0 Å². The molecule has 1 heterocycles. The SMILES string of the molecule is Cc1cc(-c2nc(C)c(C(C)C)c(=O)[nH]2)cc(C)c1O. The molecule has 0 unspecified atom stereocenters. The van der Waals surface area contributed by atoms with E-state index < -0.39 is 0 Å². The van der Waals surface area contributed by atoms with E-state index in [9.17, 15) is 9.90 Å². The first kappa shape index (κ1) is 14.3. The summed E-state index contributed by atoms with van der Waals surface area (Å²) < 4.78 is 0. The molecule has 106 valence electrons. The molecule has 0 saturated heterocycles. The van der Waals surface area contributed by atoms with Crippen LogP contribution in [-0.2, 0) is 0 Å². The predicted molar refractivity (Wildman–Crippen MR) is 80.3 cm³/mol. The van der Waals surface area contributed by atoms with Gasteiger partial charge in [0.15, 0.2) is 0 Å². The number of aryl methyl sites for hydroxylation is 3. The zero-order valence-electron chi connectivity index (χ0n) is 12.5. The van der Waals surface area contributed by atoms with Gasteiger partial charge in [0.2, 0.25) is 0 Å². The van der Waals surface area contributed by atoms with Crippen molar-refractivity contribution in [3.05, 3.63) is 44.9 Å². The Labute approximate surface area is 118 Å². The van der Waals surface area contributed by atoms with Crippen molar-refractivity contribution in [3.8, 4) is 17.1 Å². The maximum absolute atomic E-state index is 12.2. The number of aromatic amines is 1. The summed E-state index contributed by atoms with van der Waals surface area (Å²) in [6.45, 7) is 9.48. The summed E-state index contributed by atoms with van der Waals surface area (Å²) in [5.74, 6) is 0.971. The van der Waals surface area contributed by atoms with Gasteiger partial charge in [0.25, 0.3) is 5.56 Å². The maximum atomic E-state index is 12.2. The van der Waals surface area contributed by atoms with Crippen LogP contribution >= 0.6 is 0 Å². The molecule has 0 atom stereocenters. The van der Waals surface area contributed by atoms with Crippen LogP contribution in [0.3, 0.4) is 0 Å². The molecule has 0 saturated carbocycles. The lowest BCUT2D eigenvalue weighted by atomic mass is 10.0. The van der Waals surface area contributed by atoms with Gasteiger partial charge in [0.05, 0.1) is 0 Å². The lowest BCUT2D eigenvalue weighted by molar-refractivity contribution is 0.467. The summed E-state index contributed by atoms with van der Waals surface area (Å²) in [6.07, 6.45) is 0. The number of hydrogen-bond acceptors (Lipinski definition) is 3. The van der Waals surface area contributed by atoms with Crippen molar-refractivity contribution in [2.75, 3.05) is 0 Å². The average Bonchev–Trinajstić information content (AvgIpc) is 2.33. The van der Waals surface area contributed by atoms with Crippen molar-refractivity contribution < 1.29 is 5.11 Å². The second-order valence-electron chi connectivity index (χ2n) is 5.53. The van der Waals surface area contributed by atoms with Crippen LogP contribution in [0.15, 0.2) is 16.9 Å². The van der Waals surface area contributed by atoms with Gasteiger partial charge in [-0.2, -0.15) is 0 Å². The minimum Gasteiger partial charge on any atom is -0.507 e. The fraction of sp³-hybridized carbons (Fsp3) is 0.375. The van der Waals surface area contributed by atoms with Gasteiger partial charge in [-0.15, -0.1) is 0 Å². The number of phenols is 1. The highest BCUT2D eigenvalue weighted by atomic mass is 16.3. The van der Waals surface area contributed by atoms with Crippen LogP contribution in [-0.4, -0.2) is 15.1 Å². The molecule has 0 aliphatic rings. The van der Waals surface area contributed by atoms with Crippen LogP contribution in [0.5, 0.6) is 5.75 Å². The third-order valence-corrected chi connectivity index (χ3v) is 3.49. The van der Waals surface area contributed by atoms with Gasteiger partial charge in [0.1, 0.15) is 11.6 Å². The Morgan fingerprint density at radius 3 is 2.15 bits per heavy atom. The molecule has 0 amide bonds. The second kappa shape index (κ2) is 5.12. The van der Waals surface area contributed by atoms with E-state index in [1.54, 1.807) is 0 Å². The number of nitrogens with one attached hydrogen (secondary N) is 1. The van der Waals surface area contributed by atoms with Gasteiger partial charge < -0.3 is 10.1 Å². The zero-order valence-corrected chi connectivity index (χ0v) is 12.5. The van der Waals surface area contributed by atoms with E-state index in [-0.39, 0.29) is 17.2 Å². The molecule has 0 aliphatic heterocycles. The third kappa shape index (κ3) is 2.46. The standard InChI is InChI=1S/C16H20N2O2/c1-8(2)13-11(5)17-15(18-16(13)20)12-6-9(3)14(19)10(4)7-12/h6-8,19H,1-5H3,(H,17,18,20). The van der Waals surface area contributed by atoms with Gasteiger partial charge in [-0.05, 0) is 49.9 Å². The molecular formula is C16H20N2O2. The molecule has 4 heteroatoms. The molecule has 1 aromatic carbocycles. The zero-order chi connectivity index (χ0) is 15.0. The Morgan fingerprint density at radius 2 is 1.70 bits per heavy atom. The van der Waals surface area contributed by atoms with Crippen molar-refractivity contribution in [1.29, 1.82) is 0 Å². The van der Waals surface area contributed by atoms with Crippen molar-refractivity contribution in [3.63, 3.8) is 0 Å². The van der Waals surface area contributed by atoms with E-state index in [0.717, 1.165) is 27.9 Å². The smallest absolute Gasteiger partial charge is 0.254 e. The Hall–Kier alpha value is -2.10. The minimum atomic E-state index is -0.0918. The van der Waals surface area contributed by atoms with Crippen LogP contribution in [0.1, 0.15) is 42.1 Å². The number of rotatable bonds is 2. The molecular weight excluding hydrogens is 252 g/mol. The monoisotopic (exact) mass is 272 g/mol. The molecule has 0 aliphatic carbocycles. The number of aromatic hydroxyl groups is 1. The predicted octanol–water partition coefficient (Wildman–Crippen LogP) is 3.19. The second-order valence-corrected chi connectivity index (χ2v) is 5.53. The van der Waals surface area contributed by atoms with E-state index >= 15 is 0 Å². The molecule has 20 heavy (non-hydrogen) atoms. The molecule has 0 bridgehead atoms. The first-order chi connectivity index (χ1) is 9.31. The molecule has 4 nitrogen and oxygen atoms in total. The summed E-state index contributed by atoms with van der Waals surface area (Å²) in [5, 5.41) is 9.81. The van der Waals surface area contributed by atoms with Gasteiger partial charge in [0, 0.05) is 16.8 Å². The van der Waals surface area contributed by atoms with E-state index in [1.807, 2.05) is 46.8 Å². The molecule has 2 rings (SSSR count). The van der Waals surface area contributed by atoms with Crippen LogP contribution in [0.25, 0.3) is 11.4 Å². The number of phenolic OH excluding ortho intramolecular Hbond substituents is 1. The number of nitrogens with zero attached hydrogens (tertiary/aromatic N) is 1.